The average molecular weight is 275 g/mol. The number of hydrogen-bond acceptors (Lipinski definition) is 4. The second kappa shape index (κ2) is 5.53. The van der Waals surface area contributed by atoms with Crippen molar-refractivity contribution in [3.63, 3.8) is 0 Å². The Hall–Kier alpha value is -1.41. The number of aliphatic hydroxyl groups is 1. The standard InChI is InChI=1S/C16H21NO3/c1-15(18,14(19-2)20-3)16(11-17)10-6-8-12-7-4-5-9-13(12)16/h4-5,7,9,14,18H,6,8,10H2,1-3H3. The van der Waals surface area contributed by atoms with Crippen molar-refractivity contribution in [2.45, 2.75) is 43.5 Å². The monoisotopic (exact) mass is 275 g/mol. The molecule has 4 nitrogen and oxygen atoms in total. The van der Waals surface area contributed by atoms with Gasteiger partial charge in [0.2, 0.25) is 0 Å². The van der Waals surface area contributed by atoms with Crippen LogP contribution in [-0.4, -0.2) is 31.2 Å². The highest BCUT2D eigenvalue weighted by molar-refractivity contribution is 5.45. The Labute approximate surface area is 119 Å². The molecule has 2 atom stereocenters. The zero-order chi connectivity index (χ0) is 14.8. The average Bonchev–Trinajstić information content (AvgIpc) is 2.47. The number of fused-ring (bicyclic) bond motifs is 1. The van der Waals surface area contributed by atoms with Gasteiger partial charge in [-0.2, -0.15) is 5.26 Å². The largest absolute Gasteiger partial charge is 0.383 e. The van der Waals surface area contributed by atoms with Gasteiger partial charge in [0, 0.05) is 14.2 Å². The van der Waals surface area contributed by atoms with Gasteiger partial charge in [0.15, 0.2) is 6.29 Å². The fraction of sp³-hybridized carbons (Fsp3) is 0.562. The van der Waals surface area contributed by atoms with E-state index in [9.17, 15) is 10.4 Å². The third kappa shape index (κ3) is 2.03. The quantitative estimate of drug-likeness (QED) is 0.855. The predicted octanol–water partition coefficient (Wildman–Crippen LogP) is 2.15. The second-order valence-corrected chi connectivity index (χ2v) is 5.48. The van der Waals surface area contributed by atoms with E-state index in [1.807, 2.05) is 24.3 Å². The van der Waals surface area contributed by atoms with Crippen LogP contribution in [0, 0.1) is 11.3 Å². The minimum Gasteiger partial charge on any atom is -0.383 e. The Kier molecular flexibility index (Phi) is 4.14. The first-order valence-electron chi connectivity index (χ1n) is 6.81. The highest BCUT2D eigenvalue weighted by Gasteiger charge is 2.55. The molecule has 1 aromatic rings. The first kappa shape index (κ1) is 15.0. The molecule has 0 amide bonds. The fourth-order valence-electron chi connectivity index (χ4n) is 3.34. The number of ether oxygens (including phenoxy) is 2. The van der Waals surface area contributed by atoms with Crippen LogP contribution >= 0.6 is 0 Å². The first-order chi connectivity index (χ1) is 9.53. The van der Waals surface area contributed by atoms with Crippen LogP contribution in [0.15, 0.2) is 24.3 Å². The van der Waals surface area contributed by atoms with Crippen molar-refractivity contribution in [2.75, 3.05) is 14.2 Å². The molecule has 4 heteroatoms. The molecule has 0 spiro atoms. The first-order valence-corrected chi connectivity index (χ1v) is 6.81. The van der Waals surface area contributed by atoms with Crippen molar-refractivity contribution in [1.82, 2.24) is 0 Å². The van der Waals surface area contributed by atoms with Crippen LogP contribution in [0.2, 0.25) is 0 Å². The molecule has 20 heavy (non-hydrogen) atoms. The van der Waals surface area contributed by atoms with Crippen molar-refractivity contribution < 1.29 is 14.6 Å². The third-order valence-corrected chi connectivity index (χ3v) is 4.42. The lowest BCUT2D eigenvalue weighted by Gasteiger charge is -2.46. The number of aryl methyl sites for hydroxylation is 1. The summed E-state index contributed by atoms with van der Waals surface area (Å²) in [6, 6.07) is 10.2. The van der Waals surface area contributed by atoms with E-state index in [-0.39, 0.29) is 0 Å². The van der Waals surface area contributed by atoms with Gasteiger partial charge in [-0.15, -0.1) is 0 Å². The predicted molar refractivity (Wildman–Crippen MR) is 75.1 cm³/mol. The molecule has 108 valence electrons. The molecule has 1 aromatic carbocycles. The molecular formula is C16H21NO3. The van der Waals surface area contributed by atoms with Gasteiger partial charge in [-0.1, -0.05) is 24.3 Å². The maximum atomic E-state index is 11.0. The van der Waals surface area contributed by atoms with Crippen molar-refractivity contribution in [1.29, 1.82) is 5.26 Å². The summed E-state index contributed by atoms with van der Waals surface area (Å²) in [6.45, 7) is 1.62. The molecule has 0 bridgehead atoms. The number of nitriles is 1. The Bertz CT molecular complexity index is 517. The van der Waals surface area contributed by atoms with Crippen LogP contribution in [0.4, 0.5) is 0 Å². The van der Waals surface area contributed by atoms with Gasteiger partial charge < -0.3 is 14.6 Å². The van der Waals surface area contributed by atoms with Crippen LogP contribution < -0.4 is 0 Å². The lowest BCUT2D eigenvalue weighted by atomic mass is 9.61. The fourth-order valence-corrected chi connectivity index (χ4v) is 3.34. The molecule has 0 radical (unpaired) electrons. The number of benzene rings is 1. The summed E-state index contributed by atoms with van der Waals surface area (Å²) in [5.41, 5.74) is -0.440. The summed E-state index contributed by atoms with van der Waals surface area (Å²) in [5.74, 6) is 0. The topological polar surface area (TPSA) is 62.5 Å². The molecule has 2 unspecified atom stereocenters. The summed E-state index contributed by atoms with van der Waals surface area (Å²) < 4.78 is 10.5. The summed E-state index contributed by atoms with van der Waals surface area (Å²) in [4.78, 5) is 0. The lowest BCUT2D eigenvalue weighted by molar-refractivity contribution is -0.228. The lowest BCUT2D eigenvalue weighted by Crippen LogP contribution is -2.58. The molecule has 0 aromatic heterocycles. The van der Waals surface area contributed by atoms with Crippen LogP contribution in [0.25, 0.3) is 0 Å². The van der Waals surface area contributed by atoms with Crippen LogP contribution in [0.5, 0.6) is 0 Å². The van der Waals surface area contributed by atoms with E-state index in [2.05, 4.69) is 6.07 Å². The number of nitrogens with zero attached hydrogens (tertiary/aromatic N) is 1. The minimum absolute atomic E-state index is 0.594. The molecule has 0 fully saturated rings. The van der Waals surface area contributed by atoms with E-state index >= 15 is 0 Å². The SMILES string of the molecule is COC(OC)C(C)(O)C1(C#N)CCCc2ccccc21. The summed E-state index contributed by atoms with van der Waals surface area (Å²) in [7, 11) is 2.95. The normalized spacial score (nSPS) is 24.8. The van der Waals surface area contributed by atoms with Gasteiger partial charge in [0.25, 0.3) is 0 Å². The molecule has 1 aliphatic rings. The Morgan fingerprint density at radius 3 is 2.60 bits per heavy atom. The molecule has 0 saturated heterocycles. The molecule has 1 aliphatic carbocycles. The van der Waals surface area contributed by atoms with Gasteiger partial charge in [-0.05, 0) is 37.3 Å². The third-order valence-electron chi connectivity index (χ3n) is 4.42. The Morgan fingerprint density at radius 2 is 2.00 bits per heavy atom. The van der Waals surface area contributed by atoms with Gasteiger partial charge in [-0.3, -0.25) is 0 Å². The van der Waals surface area contributed by atoms with Crippen molar-refractivity contribution in [2.24, 2.45) is 0 Å². The van der Waals surface area contributed by atoms with E-state index in [0.29, 0.717) is 6.42 Å². The minimum atomic E-state index is -1.43. The molecule has 0 saturated carbocycles. The summed E-state index contributed by atoms with van der Waals surface area (Å²) in [5, 5.41) is 20.9. The zero-order valence-electron chi connectivity index (χ0n) is 12.2. The second-order valence-electron chi connectivity index (χ2n) is 5.48. The number of methoxy groups -OCH3 is 2. The van der Waals surface area contributed by atoms with Gasteiger partial charge in [-0.25, -0.2) is 0 Å². The zero-order valence-corrected chi connectivity index (χ0v) is 12.2. The summed E-state index contributed by atoms with van der Waals surface area (Å²) in [6.07, 6.45) is 1.53. The van der Waals surface area contributed by atoms with E-state index in [0.717, 1.165) is 24.0 Å². The van der Waals surface area contributed by atoms with Crippen molar-refractivity contribution in [3.8, 4) is 6.07 Å². The van der Waals surface area contributed by atoms with Crippen LogP contribution in [0.1, 0.15) is 30.9 Å². The molecule has 0 aliphatic heterocycles. The molecule has 1 N–H and O–H groups in total. The van der Waals surface area contributed by atoms with Crippen LogP contribution in [-0.2, 0) is 21.3 Å². The number of hydrogen-bond donors (Lipinski definition) is 1. The van der Waals surface area contributed by atoms with E-state index in [1.165, 1.54) is 14.2 Å². The van der Waals surface area contributed by atoms with Gasteiger partial charge in [0.1, 0.15) is 11.0 Å². The Balaban J connectivity index is 2.59. The van der Waals surface area contributed by atoms with Gasteiger partial charge in [0.05, 0.1) is 6.07 Å². The van der Waals surface area contributed by atoms with Crippen molar-refractivity contribution in [3.05, 3.63) is 35.4 Å². The Morgan fingerprint density at radius 1 is 1.35 bits per heavy atom. The van der Waals surface area contributed by atoms with E-state index in [1.54, 1.807) is 6.92 Å². The maximum absolute atomic E-state index is 11.0. The summed E-state index contributed by atoms with van der Waals surface area (Å²) >= 11 is 0. The highest BCUT2D eigenvalue weighted by Crippen LogP contribution is 2.46. The van der Waals surface area contributed by atoms with Crippen LogP contribution in [0.3, 0.4) is 0 Å². The smallest absolute Gasteiger partial charge is 0.187 e. The highest BCUT2D eigenvalue weighted by atomic mass is 16.7. The maximum Gasteiger partial charge on any atom is 0.187 e. The molecule has 2 rings (SSSR count). The number of rotatable bonds is 4. The molecule has 0 heterocycles. The van der Waals surface area contributed by atoms with Gasteiger partial charge >= 0.3 is 0 Å². The molecular weight excluding hydrogens is 254 g/mol. The van der Waals surface area contributed by atoms with E-state index < -0.39 is 17.3 Å². The van der Waals surface area contributed by atoms with Crippen molar-refractivity contribution >= 4 is 0 Å². The van der Waals surface area contributed by atoms with E-state index in [4.69, 9.17) is 9.47 Å².